The van der Waals surface area contributed by atoms with Crippen LogP contribution in [0.1, 0.15) is 49.9 Å². The van der Waals surface area contributed by atoms with Gasteiger partial charge in [0.25, 0.3) is 0 Å². The number of para-hydroxylation sites is 4. The number of nitrogens with zero attached hydrogens (tertiary/aromatic N) is 12. The van der Waals surface area contributed by atoms with Crippen LogP contribution in [0.3, 0.4) is 0 Å². The van der Waals surface area contributed by atoms with Crippen molar-refractivity contribution < 1.29 is 0 Å². The number of hydrogen-bond acceptors (Lipinski definition) is 12. The Morgan fingerprint density at radius 3 is 0.963 bits per heavy atom. The summed E-state index contributed by atoms with van der Waals surface area (Å²) in [6.45, 7) is 9.25. The monoisotopic (exact) mass is 1030 g/mol. The molecule has 0 saturated carbocycles. The molecular weight excluding hydrogens is 985 g/mol. The van der Waals surface area contributed by atoms with Gasteiger partial charge in [0.05, 0.1) is 34.1 Å². The molecule has 0 amide bonds. The van der Waals surface area contributed by atoms with E-state index in [1.807, 2.05) is 60.7 Å². The standard InChI is InChI=1S/C68H50N12/c1-67(2)49-21-5-9-27-55(49)79(56-28-10-6-22-50(56)67)59-39-43(61-73-63(45-19-17-35-69-41-45)77-65(75-61)53-25-13-15-37-71-53)31-33-47(59)48-34-32-44(62-74-64(46-20-18-36-70-42-46)78-66(76-62)54-26-14-16-38-72-54)40-60(48)80-57-29-11-7-23-51(57)68(3,4)52-24-8-12-30-58(52)80/h5-42H,1-4H3. The number of benzene rings is 6. The molecule has 2 aliphatic rings. The minimum Gasteiger partial charge on any atom is -0.309 e. The molecule has 0 bridgehead atoms. The summed E-state index contributed by atoms with van der Waals surface area (Å²) in [4.78, 5) is 53.9. The van der Waals surface area contributed by atoms with Crippen LogP contribution >= 0.6 is 0 Å². The van der Waals surface area contributed by atoms with E-state index in [1.165, 1.54) is 22.3 Å². The number of pyridine rings is 4. The van der Waals surface area contributed by atoms with Gasteiger partial charge in [-0.2, -0.15) is 0 Å². The van der Waals surface area contributed by atoms with Crippen LogP contribution in [0.2, 0.25) is 0 Å². The quantitative estimate of drug-likeness (QED) is 0.136. The van der Waals surface area contributed by atoms with Crippen molar-refractivity contribution in [3.05, 3.63) is 254 Å². The lowest BCUT2D eigenvalue weighted by Gasteiger charge is -2.43. The first-order valence-corrected chi connectivity index (χ1v) is 26.6. The van der Waals surface area contributed by atoms with E-state index in [2.05, 4.69) is 181 Å². The Morgan fingerprint density at radius 1 is 0.287 bits per heavy atom. The predicted molar refractivity (Wildman–Crippen MR) is 316 cm³/mol. The van der Waals surface area contributed by atoms with E-state index in [-0.39, 0.29) is 10.8 Å². The van der Waals surface area contributed by atoms with Crippen molar-refractivity contribution in [1.82, 2.24) is 49.8 Å². The van der Waals surface area contributed by atoms with Crippen LogP contribution < -0.4 is 9.80 Å². The first-order valence-electron chi connectivity index (χ1n) is 26.6. The zero-order chi connectivity index (χ0) is 54.0. The molecule has 0 atom stereocenters. The van der Waals surface area contributed by atoms with E-state index < -0.39 is 0 Å². The smallest absolute Gasteiger partial charge is 0.182 e. The zero-order valence-corrected chi connectivity index (χ0v) is 44.3. The maximum Gasteiger partial charge on any atom is 0.182 e. The van der Waals surface area contributed by atoms with Gasteiger partial charge in [-0.15, -0.1) is 0 Å². The second-order valence-corrected chi connectivity index (χ2v) is 21.0. The summed E-state index contributed by atoms with van der Waals surface area (Å²) in [7, 11) is 0. The summed E-state index contributed by atoms with van der Waals surface area (Å²) in [6.07, 6.45) is 10.6. The molecule has 14 rings (SSSR count). The van der Waals surface area contributed by atoms with Crippen molar-refractivity contribution in [2.75, 3.05) is 9.80 Å². The third-order valence-electron chi connectivity index (χ3n) is 15.5. The number of aromatic nitrogens is 10. The normalized spacial score (nSPS) is 13.7. The van der Waals surface area contributed by atoms with Crippen LogP contribution in [-0.4, -0.2) is 49.8 Å². The minimum atomic E-state index is -0.319. The molecule has 0 aliphatic carbocycles. The zero-order valence-electron chi connectivity index (χ0n) is 44.3. The lowest BCUT2D eigenvalue weighted by Crippen LogP contribution is -2.31. The fourth-order valence-corrected chi connectivity index (χ4v) is 11.5. The molecule has 6 aromatic carbocycles. The molecule has 382 valence electrons. The molecule has 12 heteroatoms. The van der Waals surface area contributed by atoms with Crippen LogP contribution in [0.25, 0.3) is 79.7 Å². The number of fused-ring (bicyclic) bond motifs is 4. The van der Waals surface area contributed by atoms with Crippen molar-refractivity contribution >= 4 is 34.1 Å². The third kappa shape index (κ3) is 8.15. The maximum absolute atomic E-state index is 5.21. The van der Waals surface area contributed by atoms with Gasteiger partial charge in [-0.3, -0.25) is 19.9 Å². The second kappa shape index (κ2) is 19.2. The average Bonchev–Trinajstić information content (AvgIpc) is 3.10. The Labute approximate surface area is 463 Å². The molecule has 0 radical (unpaired) electrons. The van der Waals surface area contributed by atoms with Gasteiger partial charge in [0.1, 0.15) is 11.4 Å². The summed E-state index contributed by atoms with van der Waals surface area (Å²) < 4.78 is 0. The highest BCUT2D eigenvalue weighted by atomic mass is 15.2. The van der Waals surface area contributed by atoms with Crippen LogP contribution in [0.5, 0.6) is 0 Å². The summed E-state index contributed by atoms with van der Waals surface area (Å²) in [5, 5.41) is 0. The summed E-state index contributed by atoms with van der Waals surface area (Å²) >= 11 is 0. The van der Waals surface area contributed by atoms with Gasteiger partial charge in [-0.1, -0.05) is 137 Å². The highest BCUT2D eigenvalue weighted by Crippen LogP contribution is 2.57. The molecule has 8 heterocycles. The highest BCUT2D eigenvalue weighted by Gasteiger charge is 2.40. The van der Waals surface area contributed by atoms with E-state index in [4.69, 9.17) is 39.9 Å². The molecular formula is C68H50N12. The highest BCUT2D eigenvalue weighted by molar-refractivity contribution is 6.01. The van der Waals surface area contributed by atoms with E-state index in [1.54, 1.807) is 37.2 Å². The first kappa shape index (κ1) is 48.0. The molecule has 0 spiro atoms. The molecule has 0 saturated heterocycles. The average molecular weight is 1040 g/mol. The summed E-state index contributed by atoms with van der Waals surface area (Å²) in [5.74, 6) is 2.87. The summed E-state index contributed by atoms with van der Waals surface area (Å²) in [5.41, 5.74) is 16.6. The van der Waals surface area contributed by atoms with E-state index in [0.717, 1.165) is 67.5 Å². The fraction of sp³-hybridized carbons (Fsp3) is 0.0882. The summed E-state index contributed by atoms with van der Waals surface area (Å²) in [6, 6.07) is 67.4. The van der Waals surface area contributed by atoms with E-state index >= 15 is 0 Å². The molecule has 0 N–H and O–H groups in total. The second-order valence-electron chi connectivity index (χ2n) is 21.0. The van der Waals surface area contributed by atoms with Gasteiger partial charge >= 0.3 is 0 Å². The number of anilines is 6. The molecule has 0 fully saturated rings. The number of rotatable bonds is 9. The predicted octanol–water partition coefficient (Wildman–Crippen LogP) is 15.5. The van der Waals surface area contributed by atoms with Crippen molar-refractivity contribution in [2.24, 2.45) is 0 Å². The van der Waals surface area contributed by atoms with Crippen molar-refractivity contribution in [1.29, 1.82) is 0 Å². The van der Waals surface area contributed by atoms with Crippen molar-refractivity contribution in [3.63, 3.8) is 0 Å². The first-order chi connectivity index (χ1) is 39.2. The SMILES string of the molecule is CC1(C)c2ccccc2N(c2cc(-c3nc(-c4cccnc4)nc(-c4ccccn4)n3)ccc2-c2ccc(-c3nc(-c4cccnc4)nc(-c4ccccn4)n3)cc2N2c3ccccc3C(C)(C)c3ccccc32)c2ccccc21. The van der Waals surface area contributed by atoms with Crippen LogP contribution in [-0.2, 0) is 10.8 Å². The molecule has 2 aliphatic heterocycles. The van der Waals surface area contributed by atoms with Crippen LogP contribution in [0, 0.1) is 0 Å². The Hall–Kier alpha value is -10.5. The Kier molecular flexibility index (Phi) is 11.5. The molecule has 6 aromatic heterocycles. The van der Waals surface area contributed by atoms with Gasteiger partial charge in [0.15, 0.2) is 34.9 Å². The van der Waals surface area contributed by atoms with Gasteiger partial charge in [0, 0.05) is 81.4 Å². The van der Waals surface area contributed by atoms with E-state index in [0.29, 0.717) is 46.3 Å². The Morgan fingerprint density at radius 2 is 0.625 bits per heavy atom. The van der Waals surface area contributed by atoms with Gasteiger partial charge < -0.3 is 9.80 Å². The molecule has 12 aromatic rings. The molecule has 12 nitrogen and oxygen atoms in total. The fourth-order valence-electron chi connectivity index (χ4n) is 11.5. The maximum atomic E-state index is 5.21. The van der Waals surface area contributed by atoms with Gasteiger partial charge in [-0.25, -0.2) is 29.9 Å². The van der Waals surface area contributed by atoms with Gasteiger partial charge in [-0.05, 0) is 107 Å². The Balaban J connectivity index is 1.07. The lowest BCUT2D eigenvalue weighted by atomic mass is 9.73. The van der Waals surface area contributed by atoms with Crippen LogP contribution in [0.15, 0.2) is 231 Å². The topological polar surface area (TPSA) is 135 Å². The third-order valence-corrected chi connectivity index (χ3v) is 15.5. The minimum absolute atomic E-state index is 0.319. The van der Waals surface area contributed by atoms with Crippen LogP contribution in [0.4, 0.5) is 34.1 Å². The molecule has 0 unspecified atom stereocenters. The van der Waals surface area contributed by atoms with Crippen molar-refractivity contribution in [2.45, 2.75) is 38.5 Å². The molecule has 80 heavy (non-hydrogen) atoms. The largest absolute Gasteiger partial charge is 0.309 e. The van der Waals surface area contributed by atoms with E-state index in [9.17, 15) is 0 Å². The lowest BCUT2D eigenvalue weighted by molar-refractivity contribution is 0.631. The van der Waals surface area contributed by atoms with Crippen molar-refractivity contribution in [3.8, 4) is 79.7 Å². The Bertz CT molecular complexity index is 3830. The number of hydrogen-bond donors (Lipinski definition) is 0. The van der Waals surface area contributed by atoms with Gasteiger partial charge in [0.2, 0.25) is 0 Å².